The maximum absolute atomic E-state index is 11.7. The molecule has 19 heavy (non-hydrogen) atoms. The van der Waals surface area contributed by atoms with Crippen molar-refractivity contribution in [1.29, 1.82) is 0 Å². The van der Waals surface area contributed by atoms with Crippen LogP contribution in [0.15, 0.2) is 41.4 Å². The fourth-order valence-corrected chi connectivity index (χ4v) is 2.43. The summed E-state index contributed by atoms with van der Waals surface area (Å²) in [6, 6.07) is 8.59. The van der Waals surface area contributed by atoms with Crippen molar-refractivity contribution in [1.82, 2.24) is 14.5 Å². The molecule has 0 unspecified atom stereocenters. The van der Waals surface area contributed by atoms with Crippen LogP contribution in [-0.2, 0) is 23.6 Å². The molecule has 6 nitrogen and oxygen atoms in total. The lowest BCUT2D eigenvalue weighted by Crippen LogP contribution is -2.18. The van der Waals surface area contributed by atoms with Gasteiger partial charge in [-0.3, -0.25) is 4.68 Å². The van der Waals surface area contributed by atoms with Gasteiger partial charge in [0, 0.05) is 18.9 Å². The quantitative estimate of drug-likeness (QED) is 0.854. The van der Waals surface area contributed by atoms with Crippen LogP contribution in [0, 0.1) is 0 Å². The average Bonchev–Trinajstić information content (AvgIpc) is 2.82. The third kappa shape index (κ3) is 3.12. The first-order valence-corrected chi connectivity index (χ1v) is 7.25. The van der Waals surface area contributed by atoms with Crippen LogP contribution < -0.4 is 10.0 Å². The molecule has 0 atom stereocenters. The molecule has 0 saturated carbocycles. The molecule has 0 fully saturated rings. The molecule has 102 valence electrons. The molecule has 0 radical (unpaired) electrons. The van der Waals surface area contributed by atoms with Crippen molar-refractivity contribution in [2.75, 3.05) is 12.4 Å². The predicted octanol–water partition coefficient (Wildman–Crippen LogP) is 0.940. The highest BCUT2D eigenvalue weighted by Crippen LogP contribution is 2.15. The minimum absolute atomic E-state index is 0.241. The molecular weight excluding hydrogens is 264 g/mol. The van der Waals surface area contributed by atoms with E-state index in [1.165, 1.54) is 7.05 Å². The zero-order valence-corrected chi connectivity index (χ0v) is 11.6. The molecule has 0 aliphatic carbocycles. The molecule has 2 N–H and O–H groups in total. The Morgan fingerprint density at radius 2 is 2.11 bits per heavy atom. The number of hydrogen-bond donors (Lipinski definition) is 2. The lowest BCUT2D eigenvalue weighted by molar-refractivity contribution is 0.588. The minimum atomic E-state index is -3.41. The Bertz CT molecular complexity index is 664. The summed E-state index contributed by atoms with van der Waals surface area (Å²) in [4.78, 5) is 0.241. The lowest BCUT2D eigenvalue weighted by atomic mass is 10.3. The van der Waals surface area contributed by atoms with Gasteiger partial charge in [0.2, 0.25) is 10.0 Å². The number of anilines is 1. The number of nitrogens with one attached hydrogen (secondary N) is 2. The Hall–Kier alpha value is -1.86. The molecule has 1 aromatic heterocycles. The zero-order valence-electron chi connectivity index (χ0n) is 10.8. The van der Waals surface area contributed by atoms with Crippen LogP contribution in [0.4, 0.5) is 5.69 Å². The highest BCUT2D eigenvalue weighted by molar-refractivity contribution is 7.89. The number of hydrogen-bond acceptors (Lipinski definition) is 4. The van der Waals surface area contributed by atoms with Gasteiger partial charge in [-0.2, -0.15) is 5.10 Å². The standard InChI is InChI=1S/C12H16N4O2S/c1-13-19(17,18)12-5-3-4-10(8-12)14-9-11-6-7-15-16(11)2/h3-8,13-14H,9H2,1-2H3. The third-order valence-electron chi connectivity index (χ3n) is 2.81. The first-order chi connectivity index (χ1) is 9.03. The minimum Gasteiger partial charge on any atom is -0.379 e. The summed E-state index contributed by atoms with van der Waals surface area (Å²) in [6.07, 6.45) is 1.72. The van der Waals surface area contributed by atoms with Crippen LogP contribution >= 0.6 is 0 Å². The summed E-state index contributed by atoms with van der Waals surface area (Å²) in [5.74, 6) is 0. The fourth-order valence-electron chi connectivity index (χ4n) is 1.66. The highest BCUT2D eigenvalue weighted by atomic mass is 32.2. The maximum atomic E-state index is 11.7. The fraction of sp³-hybridized carbons (Fsp3) is 0.250. The highest BCUT2D eigenvalue weighted by Gasteiger charge is 2.11. The summed E-state index contributed by atoms with van der Waals surface area (Å²) in [7, 11) is -0.155. The van der Waals surface area contributed by atoms with Gasteiger partial charge in [0.15, 0.2) is 0 Å². The largest absolute Gasteiger partial charge is 0.379 e. The molecule has 2 aromatic rings. The Balaban J connectivity index is 2.14. The van der Waals surface area contributed by atoms with Gasteiger partial charge in [-0.15, -0.1) is 0 Å². The Labute approximate surface area is 112 Å². The van der Waals surface area contributed by atoms with E-state index < -0.39 is 10.0 Å². The summed E-state index contributed by atoms with van der Waals surface area (Å²) < 4.78 is 27.4. The van der Waals surface area contributed by atoms with Gasteiger partial charge in [0.1, 0.15) is 0 Å². The smallest absolute Gasteiger partial charge is 0.240 e. The normalized spacial score (nSPS) is 11.5. The lowest BCUT2D eigenvalue weighted by Gasteiger charge is -2.08. The van der Waals surface area contributed by atoms with Gasteiger partial charge >= 0.3 is 0 Å². The molecule has 0 aliphatic rings. The number of aromatic nitrogens is 2. The van der Waals surface area contributed by atoms with Gasteiger partial charge in [0.05, 0.1) is 17.1 Å². The molecule has 0 aliphatic heterocycles. The molecule has 0 spiro atoms. The summed E-state index contributed by atoms with van der Waals surface area (Å²) in [6.45, 7) is 0.583. The third-order valence-corrected chi connectivity index (χ3v) is 4.22. The van der Waals surface area contributed by atoms with Crippen LogP contribution in [0.5, 0.6) is 0 Å². The van der Waals surface area contributed by atoms with E-state index in [0.29, 0.717) is 6.54 Å². The molecular formula is C12H16N4O2S. The van der Waals surface area contributed by atoms with E-state index in [1.54, 1.807) is 29.1 Å². The van der Waals surface area contributed by atoms with E-state index in [2.05, 4.69) is 15.1 Å². The summed E-state index contributed by atoms with van der Waals surface area (Å²) >= 11 is 0. The van der Waals surface area contributed by atoms with E-state index in [0.717, 1.165) is 11.4 Å². The van der Waals surface area contributed by atoms with Crippen LogP contribution in [0.25, 0.3) is 0 Å². The first-order valence-electron chi connectivity index (χ1n) is 5.77. The monoisotopic (exact) mass is 280 g/mol. The molecule has 1 aromatic carbocycles. The molecule has 1 heterocycles. The van der Waals surface area contributed by atoms with Crippen molar-refractivity contribution in [2.45, 2.75) is 11.4 Å². The maximum Gasteiger partial charge on any atom is 0.240 e. The van der Waals surface area contributed by atoms with E-state index in [4.69, 9.17) is 0 Å². The zero-order chi connectivity index (χ0) is 13.9. The Kier molecular flexibility index (Phi) is 3.87. The van der Waals surface area contributed by atoms with E-state index in [9.17, 15) is 8.42 Å². The number of benzene rings is 1. The van der Waals surface area contributed by atoms with Crippen LogP contribution in [0.3, 0.4) is 0 Å². The molecule has 0 amide bonds. The average molecular weight is 280 g/mol. The van der Waals surface area contributed by atoms with Crippen LogP contribution in [-0.4, -0.2) is 25.2 Å². The van der Waals surface area contributed by atoms with Crippen LogP contribution in [0.2, 0.25) is 0 Å². The van der Waals surface area contributed by atoms with Crippen molar-refractivity contribution in [2.24, 2.45) is 7.05 Å². The molecule has 2 rings (SSSR count). The van der Waals surface area contributed by atoms with Crippen molar-refractivity contribution >= 4 is 15.7 Å². The van der Waals surface area contributed by atoms with Crippen molar-refractivity contribution in [3.63, 3.8) is 0 Å². The van der Waals surface area contributed by atoms with Gasteiger partial charge in [0.25, 0.3) is 0 Å². The molecule has 0 bridgehead atoms. The molecule has 0 saturated heterocycles. The molecule has 7 heteroatoms. The number of nitrogens with zero attached hydrogens (tertiary/aromatic N) is 2. The second kappa shape index (κ2) is 5.41. The topological polar surface area (TPSA) is 76.0 Å². The Morgan fingerprint density at radius 1 is 1.32 bits per heavy atom. The first kappa shape index (κ1) is 13.6. The van der Waals surface area contributed by atoms with E-state index in [1.807, 2.05) is 19.2 Å². The van der Waals surface area contributed by atoms with Crippen molar-refractivity contribution < 1.29 is 8.42 Å². The van der Waals surface area contributed by atoms with Crippen molar-refractivity contribution in [3.8, 4) is 0 Å². The summed E-state index contributed by atoms with van der Waals surface area (Å²) in [5, 5.41) is 7.24. The second-order valence-corrected chi connectivity index (χ2v) is 5.92. The van der Waals surface area contributed by atoms with Gasteiger partial charge in [-0.25, -0.2) is 13.1 Å². The summed E-state index contributed by atoms with van der Waals surface area (Å²) in [5.41, 5.74) is 1.76. The van der Waals surface area contributed by atoms with Gasteiger partial charge in [-0.1, -0.05) is 6.07 Å². The number of sulfonamides is 1. The predicted molar refractivity (Wildman–Crippen MR) is 73.2 cm³/mol. The second-order valence-electron chi connectivity index (χ2n) is 4.04. The van der Waals surface area contributed by atoms with E-state index >= 15 is 0 Å². The number of rotatable bonds is 5. The van der Waals surface area contributed by atoms with E-state index in [-0.39, 0.29) is 4.90 Å². The van der Waals surface area contributed by atoms with Gasteiger partial charge in [-0.05, 0) is 31.3 Å². The van der Waals surface area contributed by atoms with Crippen LogP contribution in [0.1, 0.15) is 5.69 Å². The van der Waals surface area contributed by atoms with Crippen molar-refractivity contribution in [3.05, 3.63) is 42.2 Å². The van der Waals surface area contributed by atoms with Gasteiger partial charge < -0.3 is 5.32 Å². The SMILES string of the molecule is CNS(=O)(=O)c1cccc(NCc2ccnn2C)c1. The number of aryl methyl sites for hydroxylation is 1. The Morgan fingerprint density at radius 3 is 2.74 bits per heavy atom.